The van der Waals surface area contributed by atoms with Crippen molar-refractivity contribution in [3.05, 3.63) is 268 Å². The number of allylic oxidation sites excluding steroid dienone is 8. The number of hydrogen-bond donors (Lipinski definition) is 1. The van der Waals surface area contributed by atoms with Gasteiger partial charge in [0, 0.05) is 108 Å². The van der Waals surface area contributed by atoms with Gasteiger partial charge in [-0.1, -0.05) is 92.6 Å². The summed E-state index contributed by atoms with van der Waals surface area (Å²) in [5, 5.41) is 1.16. The van der Waals surface area contributed by atoms with E-state index in [1.165, 1.54) is 0 Å². The number of para-hydroxylation sites is 3. The van der Waals surface area contributed by atoms with Crippen LogP contribution in [0.1, 0.15) is 30.7 Å². The maximum Gasteiger partial charge on any atom is 0.0739 e. The van der Waals surface area contributed by atoms with Crippen LogP contribution in [0.15, 0.2) is 251 Å². The first kappa shape index (κ1) is 46.8. The molecule has 0 fully saturated rings. The molecule has 0 spiro atoms. The molecular weight excluding hydrogens is 931 g/mol. The van der Waals surface area contributed by atoms with Crippen molar-refractivity contribution in [1.29, 1.82) is 0 Å². The smallest absolute Gasteiger partial charge is 0.0739 e. The van der Waals surface area contributed by atoms with Gasteiger partial charge < -0.3 is 29.6 Å². The Balaban J connectivity index is 0.976. The van der Waals surface area contributed by atoms with Crippen LogP contribution in [-0.4, -0.2) is 24.1 Å². The Kier molecular flexibility index (Phi) is 12.1. The Hall–Kier alpha value is -10.3. The van der Waals surface area contributed by atoms with Crippen LogP contribution in [0, 0.1) is 0 Å². The first-order chi connectivity index (χ1) is 37.5. The van der Waals surface area contributed by atoms with Crippen molar-refractivity contribution in [2.75, 3.05) is 14.7 Å². The Labute approximate surface area is 443 Å². The van der Waals surface area contributed by atoms with Crippen LogP contribution in [0.4, 0.5) is 45.5 Å². The molecule has 12 rings (SSSR count). The number of rotatable bonds is 12. The summed E-state index contributed by atoms with van der Waals surface area (Å²) in [6.45, 7) is 16.8. The van der Waals surface area contributed by atoms with Gasteiger partial charge in [0.2, 0.25) is 0 Å². The van der Waals surface area contributed by atoms with Crippen molar-refractivity contribution < 1.29 is 0 Å². The van der Waals surface area contributed by atoms with Crippen molar-refractivity contribution >= 4 is 79.8 Å². The molecule has 76 heavy (non-hydrogen) atoms. The highest BCUT2D eigenvalue weighted by Crippen LogP contribution is 2.55. The first-order valence-corrected chi connectivity index (χ1v) is 25.3. The lowest BCUT2D eigenvalue weighted by Crippen LogP contribution is -2.17. The number of anilines is 8. The minimum absolute atomic E-state index is 0.910. The third-order valence-electron chi connectivity index (χ3n) is 14.3. The Morgan fingerprint density at radius 1 is 0.566 bits per heavy atom. The van der Waals surface area contributed by atoms with Crippen LogP contribution in [0.2, 0.25) is 0 Å². The molecule has 10 aromatic rings. The fourth-order valence-electron chi connectivity index (χ4n) is 11.3. The normalized spacial score (nSPS) is 12.9. The van der Waals surface area contributed by atoms with Crippen LogP contribution in [0.5, 0.6) is 0 Å². The number of benzene rings is 5. The molecule has 0 radical (unpaired) electrons. The molecule has 0 atom stereocenters. The Morgan fingerprint density at radius 3 is 1.72 bits per heavy atom. The average molecular weight is 984 g/mol. The van der Waals surface area contributed by atoms with Gasteiger partial charge in [-0.3, -0.25) is 15.0 Å². The fourth-order valence-corrected chi connectivity index (χ4v) is 11.3. The minimum Gasteiger partial charge on any atom is -0.405 e. The van der Waals surface area contributed by atoms with E-state index >= 15 is 0 Å². The van der Waals surface area contributed by atoms with Gasteiger partial charge in [0.1, 0.15) is 0 Å². The summed E-state index contributed by atoms with van der Waals surface area (Å²) in [6.07, 6.45) is 26.8. The minimum atomic E-state index is 0.910. The highest BCUT2D eigenvalue weighted by molar-refractivity contribution is 6.13. The molecule has 2 aliphatic heterocycles. The maximum atomic E-state index is 6.32. The second kappa shape index (κ2) is 19.6. The summed E-state index contributed by atoms with van der Waals surface area (Å²) in [5.41, 5.74) is 28.3. The second-order valence-corrected chi connectivity index (χ2v) is 18.4. The molecule has 0 unspecified atom stereocenters. The largest absolute Gasteiger partial charge is 0.405 e. The molecule has 9 nitrogen and oxygen atoms in total. The summed E-state index contributed by atoms with van der Waals surface area (Å²) < 4.78 is 4.61. The number of pyridine rings is 3. The van der Waals surface area contributed by atoms with E-state index in [1.54, 1.807) is 12.3 Å². The average Bonchev–Trinajstić information content (AvgIpc) is 3.95. The molecule has 0 saturated heterocycles. The number of hydrogen-bond acceptors (Lipinski definition) is 7. The van der Waals surface area contributed by atoms with Crippen LogP contribution in [0.25, 0.3) is 73.7 Å². The third kappa shape index (κ3) is 7.52. The lowest BCUT2D eigenvalue weighted by molar-refractivity contribution is 1.10. The van der Waals surface area contributed by atoms with E-state index in [0.29, 0.717) is 0 Å². The zero-order valence-corrected chi connectivity index (χ0v) is 42.3. The Morgan fingerprint density at radius 2 is 1.12 bits per heavy atom. The number of aromatic nitrogens is 5. The molecular formula is C67H53N9. The van der Waals surface area contributed by atoms with Gasteiger partial charge in [0.25, 0.3) is 0 Å². The quantitative estimate of drug-likeness (QED) is 0.122. The lowest BCUT2D eigenvalue weighted by Gasteiger charge is -2.30. The molecule has 7 heterocycles. The number of nitrogens with two attached hydrogens (primary N) is 1. The van der Waals surface area contributed by atoms with Crippen LogP contribution < -0.4 is 20.4 Å². The fraction of sp³-hybridized carbons (Fsp3) is 0.0299. The molecule has 5 aromatic heterocycles. The zero-order chi connectivity index (χ0) is 51.9. The van der Waals surface area contributed by atoms with E-state index in [2.05, 4.69) is 202 Å². The van der Waals surface area contributed by atoms with E-state index < -0.39 is 0 Å². The molecule has 0 aliphatic carbocycles. The van der Waals surface area contributed by atoms with Gasteiger partial charge in [0.05, 0.1) is 58.3 Å². The molecule has 9 heteroatoms. The molecule has 0 bridgehead atoms. The lowest BCUT2D eigenvalue weighted by atomic mass is 9.96. The topological polar surface area (TPSA) is 84.3 Å². The summed E-state index contributed by atoms with van der Waals surface area (Å²) in [5.74, 6) is 0. The van der Waals surface area contributed by atoms with E-state index in [-0.39, 0.29) is 0 Å². The van der Waals surface area contributed by atoms with E-state index in [1.807, 2.05) is 80.6 Å². The first-order valence-electron chi connectivity index (χ1n) is 25.3. The summed E-state index contributed by atoms with van der Waals surface area (Å²) in [4.78, 5) is 21.1. The monoisotopic (exact) mass is 983 g/mol. The van der Waals surface area contributed by atoms with Gasteiger partial charge in [-0.2, -0.15) is 0 Å². The van der Waals surface area contributed by atoms with Gasteiger partial charge >= 0.3 is 0 Å². The Bertz CT molecular complexity index is 4020. The predicted octanol–water partition coefficient (Wildman–Crippen LogP) is 17.1. The molecule has 0 saturated carbocycles. The van der Waals surface area contributed by atoms with E-state index in [0.717, 1.165) is 130 Å². The molecule has 366 valence electrons. The van der Waals surface area contributed by atoms with Gasteiger partial charge in [0.15, 0.2) is 0 Å². The van der Waals surface area contributed by atoms with E-state index in [9.17, 15) is 0 Å². The summed E-state index contributed by atoms with van der Waals surface area (Å²) in [6, 6.07) is 53.6. The summed E-state index contributed by atoms with van der Waals surface area (Å²) >= 11 is 0. The molecule has 2 aliphatic rings. The third-order valence-corrected chi connectivity index (χ3v) is 14.3. The molecule has 5 aromatic carbocycles. The van der Waals surface area contributed by atoms with Gasteiger partial charge in [-0.05, 0) is 141 Å². The van der Waals surface area contributed by atoms with Crippen LogP contribution >= 0.6 is 0 Å². The van der Waals surface area contributed by atoms with Crippen molar-refractivity contribution in [2.24, 2.45) is 5.73 Å². The van der Waals surface area contributed by atoms with Gasteiger partial charge in [-0.15, -0.1) is 0 Å². The van der Waals surface area contributed by atoms with Gasteiger partial charge in [-0.25, -0.2) is 0 Å². The van der Waals surface area contributed by atoms with E-state index in [4.69, 9.17) is 20.7 Å². The SMILES string of the molecule is C=C/C=C(\C=C/C)n1c(C=C)c(C=C)c2c1-c1ccncc1N(c1ccc(N(c3ccccc3)c3ccc(N4c5cnccc5-c5c(n(-c6ccccc6)c6ccccc56)-c5ccncc54)cc3)cc1)C(C)=C2/C=C\N. The summed E-state index contributed by atoms with van der Waals surface area (Å²) in [7, 11) is 0. The van der Waals surface area contributed by atoms with Crippen molar-refractivity contribution in [1.82, 2.24) is 24.1 Å². The predicted molar refractivity (Wildman–Crippen MR) is 318 cm³/mol. The zero-order valence-electron chi connectivity index (χ0n) is 42.3. The molecule has 0 amide bonds. The standard InChI is InChI=1S/C67H53N9/c1-6-18-46(19-7-2)75-59(9-4)53(8-3)64-54(34-38-68)45(5)72(62-43-70-40-36-57(62)66(64)75)49-26-28-50(29-27-49)73(47-20-12-10-13-21-47)51-30-32-52(33-31-51)74-61-42-69-39-35-56(61)65-55-24-16-17-25-60(55)76(48-22-14-11-15-23-48)67(65)58-37-41-71-44-63(58)74/h6-44H,1,3-4,68H2,2,5H3/b19-7-,38-34-,46-18+. The highest BCUT2D eigenvalue weighted by Gasteiger charge is 2.34. The van der Waals surface area contributed by atoms with Crippen molar-refractivity contribution in [3.8, 4) is 39.3 Å². The number of nitrogens with zero attached hydrogens (tertiary/aromatic N) is 8. The molecule has 2 N–H and O–H groups in total. The van der Waals surface area contributed by atoms with Crippen LogP contribution in [0.3, 0.4) is 0 Å². The van der Waals surface area contributed by atoms with Crippen molar-refractivity contribution in [2.45, 2.75) is 13.8 Å². The van der Waals surface area contributed by atoms with Crippen molar-refractivity contribution in [3.63, 3.8) is 0 Å². The second-order valence-electron chi connectivity index (χ2n) is 18.4. The highest BCUT2D eigenvalue weighted by atomic mass is 15.2. The maximum absolute atomic E-state index is 6.32. The van der Waals surface area contributed by atoms with Crippen LogP contribution in [-0.2, 0) is 0 Å². The number of fused-ring (bicyclic) bond motifs is 10.